The van der Waals surface area contributed by atoms with E-state index in [4.69, 9.17) is 0 Å². The summed E-state index contributed by atoms with van der Waals surface area (Å²) in [5.74, 6) is 1.02. The van der Waals surface area contributed by atoms with Gasteiger partial charge in [0.2, 0.25) is 0 Å². The molecule has 0 radical (unpaired) electrons. The average molecular weight is 155 g/mol. The molecule has 66 valence electrons. The minimum absolute atomic E-state index is 1.02. The molecule has 0 unspecified atom stereocenters. The molecule has 0 atom stereocenters. The lowest BCUT2D eigenvalue weighted by Crippen LogP contribution is -2.27. The highest BCUT2D eigenvalue weighted by molar-refractivity contribution is 4.71. The Bertz CT molecular complexity index is 86.9. The van der Waals surface area contributed by atoms with Crippen LogP contribution in [0.25, 0.3) is 0 Å². The molecule has 0 heterocycles. The molecule has 1 nitrogen and oxygen atoms in total. The number of hydrogen-bond acceptors (Lipinski definition) is 1. The summed E-state index contributed by atoms with van der Waals surface area (Å²) in [5.41, 5.74) is 0. The normalized spacial score (nSPS) is 18.3. The topological polar surface area (TPSA) is 12.0 Å². The highest BCUT2D eigenvalue weighted by atomic mass is 14.9. The van der Waals surface area contributed by atoms with Crippen LogP contribution in [0.3, 0.4) is 0 Å². The Kier molecular flexibility index (Phi) is 4.60. The van der Waals surface area contributed by atoms with Crippen molar-refractivity contribution in [3.63, 3.8) is 0 Å². The first kappa shape index (κ1) is 9.05. The summed E-state index contributed by atoms with van der Waals surface area (Å²) < 4.78 is 0. The molecule has 0 aromatic heterocycles. The first-order valence-corrected chi connectivity index (χ1v) is 5.14. The second kappa shape index (κ2) is 5.59. The minimum Gasteiger partial charge on any atom is -0.316 e. The maximum Gasteiger partial charge on any atom is -0.00205 e. The highest BCUT2D eigenvalue weighted by Gasteiger charge is 2.15. The fourth-order valence-electron chi connectivity index (χ4n) is 1.50. The molecule has 1 rings (SSSR count). The summed E-state index contributed by atoms with van der Waals surface area (Å²) in [7, 11) is 0. The van der Waals surface area contributed by atoms with Gasteiger partial charge in [-0.15, -0.1) is 0 Å². The summed E-state index contributed by atoms with van der Waals surface area (Å²) in [6.45, 7) is 4.78. The Balaban J connectivity index is 1.73. The fraction of sp³-hybridized carbons (Fsp3) is 1.00. The first-order chi connectivity index (χ1) is 5.43. The number of unbranched alkanes of at least 4 members (excludes halogenated alkanes) is 2. The van der Waals surface area contributed by atoms with E-state index in [9.17, 15) is 0 Å². The molecule has 11 heavy (non-hydrogen) atoms. The zero-order chi connectivity index (χ0) is 7.94. The molecule has 1 aliphatic rings. The van der Waals surface area contributed by atoms with E-state index >= 15 is 0 Å². The van der Waals surface area contributed by atoms with Crippen LogP contribution in [0.1, 0.15) is 45.4 Å². The molecule has 1 fully saturated rings. The van der Waals surface area contributed by atoms with Crippen LogP contribution in [0.5, 0.6) is 0 Å². The van der Waals surface area contributed by atoms with E-state index in [-0.39, 0.29) is 0 Å². The van der Waals surface area contributed by atoms with Crippen LogP contribution < -0.4 is 5.32 Å². The number of hydrogen-bond donors (Lipinski definition) is 1. The predicted octanol–water partition coefficient (Wildman–Crippen LogP) is 2.57. The zero-order valence-electron chi connectivity index (χ0n) is 7.73. The second-order valence-electron chi connectivity index (χ2n) is 3.71. The van der Waals surface area contributed by atoms with Gasteiger partial charge in [-0.25, -0.2) is 0 Å². The Hall–Kier alpha value is -0.0400. The fourth-order valence-corrected chi connectivity index (χ4v) is 1.50. The van der Waals surface area contributed by atoms with Gasteiger partial charge < -0.3 is 5.32 Å². The van der Waals surface area contributed by atoms with Gasteiger partial charge in [0.25, 0.3) is 0 Å². The second-order valence-corrected chi connectivity index (χ2v) is 3.71. The van der Waals surface area contributed by atoms with Crippen molar-refractivity contribution in [1.82, 2.24) is 5.32 Å². The standard InChI is InChI=1S/C10H21N/c1-2-3-4-8-11-9-10-6-5-7-10/h10-11H,2-9H2,1H3. The molecular formula is C10H21N. The minimum atomic E-state index is 1.02. The molecule has 0 spiro atoms. The van der Waals surface area contributed by atoms with E-state index in [1.54, 1.807) is 0 Å². The van der Waals surface area contributed by atoms with Crippen molar-refractivity contribution >= 4 is 0 Å². The first-order valence-electron chi connectivity index (χ1n) is 5.14. The number of rotatable bonds is 6. The summed E-state index contributed by atoms with van der Waals surface area (Å²) in [6, 6.07) is 0. The molecule has 1 saturated carbocycles. The third-order valence-electron chi connectivity index (χ3n) is 2.61. The van der Waals surface area contributed by atoms with Crippen LogP contribution >= 0.6 is 0 Å². The molecule has 1 N–H and O–H groups in total. The lowest BCUT2D eigenvalue weighted by atomic mass is 9.85. The summed E-state index contributed by atoms with van der Waals surface area (Å²) >= 11 is 0. The SMILES string of the molecule is CCCCCNCC1CCC1. The maximum atomic E-state index is 3.52. The zero-order valence-corrected chi connectivity index (χ0v) is 7.73. The molecule has 0 saturated heterocycles. The van der Waals surface area contributed by atoms with Crippen molar-refractivity contribution in [2.75, 3.05) is 13.1 Å². The molecule has 0 aromatic carbocycles. The number of nitrogens with one attached hydrogen (secondary N) is 1. The molecule has 0 aromatic rings. The van der Waals surface area contributed by atoms with Crippen LogP contribution in [0.15, 0.2) is 0 Å². The third-order valence-corrected chi connectivity index (χ3v) is 2.61. The molecule has 1 heteroatoms. The Labute approximate surface area is 70.6 Å². The van der Waals surface area contributed by atoms with Crippen molar-refractivity contribution in [1.29, 1.82) is 0 Å². The van der Waals surface area contributed by atoms with Crippen molar-refractivity contribution in [3.05, 3.63) is 0 Å². The summed E-state index contributed by atoms with van der Waals surface area (Å²) in [6.07, 6.45) is 8.51. The molecule has 0 aliphatic heterocycles. The van der Waals surface area contributed by atoms with Crippen molar-refractivity contribution in [2.45, 2.75) is 45.4 Å². The van der Waals surface area contributed by atoms with Gasteiger partial charge in [-0.3, -0.25) is 0 Å². The Morgan fingerprint density at radius 2 is 2.09 bits per heavy atom. The van der Waals surface area contributed by atoms with E-state index < -0.39 is 0 Å². The average Bonchev–Trinajstić information content (AvgIpc) is 1.93. The lowest BCUT2D eigenvalue weighted by Gasteiger charge is -2.25. The van der Waals surface area contributed by atoms with Gasteiger partial charge in [-0.1, -0.05) is 26.2 Å². The van der Waals surface area contributed by atoms with Gasteiger partial charge in [0, 0.05) is 0 Å². The van der Waals surface area contributed by atoms with Gasteiger partial charge in [-0.2, -0.15) is 0 Å². The Morgan fingerprint density at radius 3 is 2.64 bits per heavy atom. The molecule has 1 aliphatic carbocycles. The van der Waals surface area contributed by atoms with Crippen LogP contribution in [0, 0.1) is 5.92 Å². The van der Waals surface area contributed by atoms with Crippen molar-refractivity contribution < 1.29 is 0 Å². The highest BCUT2D eigenvalue weighted by Crippen LogP contribution is 2.24. The summed E-state index contributed by atoms with van der Waals surface area (Å²) in [4.78, 5) is 0. The van der Waals surface area contributed by atoms with Crippen LogP contribution in [0.2, 0.25) is 0 Å². The van der Waals surface area contributed by atoms with Gasteiger partial charge >= 0.3 is 0 Å². The van der Waals surface area contributed by atoms with E-state index in [1.807, 2.05) is 0 Å². The predicted molar refractivity (Wildman–Crippen MR) is 49.7 cm³/mol. The monoisotopic (exact) mass is 155 g/mol. The van der Waals surface area contributed by atoms with Crippen LogP contribution in [-0.2, 0) is 0 Å². The van der Waals surface area contributed by atoms with Gasteiger partial charge in [0.1, 0.15) is 0 Å². The molecular weight excluding hydrogens is 134 g/mol. The van der Waals surface area contributed by atoms with E-state index in [0.717, 1.165) is 5.92 Å². The lowest BCUT2D eigenvalue weighted by molar-refractivity contribution is 0.301. The smallest absolute Gasteiger partial charge is 0.00205 e. The summed E-state index contributed by atoms with van der Waals surface area (Å²) in [5, 5.41) is 3.52. The Morgan fingerprint density at radius 1 is 1.27 bits per heavy atom. The largest absolute Gasteiger partial charge is 0.316 e. The van der Waals surface area contributed by atoms with E-state index in [0.29, 0.717) is 0 Å². The van der Waals surface area contributed by atoms with Gasteiger partial charge in [-0.05, 0) is 38.3 Å². The van der Waals surface area contributed by atoms with Crippen molar-refractivity contribution in [2.24, 2.45) is 5.92 Å². The third kappa shape index (κ3) is 3.76. The van der Waals surface area contributed by atoms with Crippen molar-refractivity contribution in [3.8, 4) is 0 Å². The quantitative estimate of drug-likeness (QED) is 0.581. The van der Waals surface area contributed by atoms with Crippen LogP contribution in [0.4, 0.5) is 0 Å². The molecule has 0 amide bonds. The van der Waals surface area contributed by atoms with E-state index in [2.05, 4.69) is 12.2 Å². The van der Waals surface area contributed by atoms with Gasteiger partial charge in [0.05, 0.1) is 0 Å². The molecule has 0 bridgehead atoms. The van der Waals surface area contributed by atoms with Crippen LogP contribution in [-0.4, -0.2) is 13.1 Å². The van der Waals surface area contributed by atoms with Gasteiger partial charge in [0.15, 0.2) is 0 Å². The maximum absolute atomic E-state index is 3.52. The van der Waals surface area contributed by atoms with E-state index in [1.165, 1.54) is 51.6 Å².